The van der Waals surface area contributed by atoms with E-state index in [1.165, 1.54) is 6.07 Å². The van der Waals surface area contributed by atoms with Crippen LogP contribution in [0.1, 0.15) is 11.1 Å². The zero-order valence-corrected chi connectivity index (χ0v) is 12.7. The zero-order valence-electron chi connectivity index (χ0n) is 11.9. The van der Waals surface area contributed by atoms with Gasteiger partial charge in [-0.25, -0.2) is 0 Å². The van der Waals surface area contributed by atoms with Crippen molar-refractivity contribution in [2.24, 2.45) is 0 Å². The maximum atomic E-state index is 9.99. The van der Waals surface area contributed by atoms with Gasteiger partial charge in [0.05, 0.1) is 11.1 Å². The predicted molar refractivity (Wildman–Crippen MR) is 88.5 cm³/mol. The highest BCUT2D eigenvalue weighted by Gasteiger charge is 2.27. The molecule has 1 aromatic heterocycles. The van der Waals surface area contributed by atoms with Gasteiger partial charge in [0, 0.05) is 22.6 Å². The molecule has 1 heterocycles. The number of phenolic OH excluding ortho intramolecular Hbond substituents is 2. The Bertz CT molecular complexity index is 963. The molecule has 0 aliphatic carbocycles. The van der Waals surface area contributed by atoms with Crippen molar-refractivity contribution >= 4 is 10.5 Å². The van der Waals surface area contributed by atoms with Gasteiger partial charge in [0.25, 0.3) is 0 Å². The summed E-state index contributed by atoms with van der Waals surface area (Å²) in [5, 5.41) is 40.5. The van der Waals surface area contributed by atoms with E-state index in [9.17, 15) is 20.7 Å². The molecule has 0 radical (unpaired) electrons. The van der Waals surface area contributed by atoms with E-state index in [1.54, 1.807) is 0 Å². The maximum absolute atomic E-state index is 9.99. The summed E-state index contributed by atoms with van der Waals surface area (Å²) >= 11 is 0. The van der Waals surface area contributed by atoms with Gasteiger partial charge in [0.1, 0.15) is 23.1 Å². The third kappa shape index (κ3) is 2.40. The van der Waals surface area contributed by atoms with E-state index in [0.717, 1.165) is 9.77 Å². The highest BCUT2D eigenvalue weighted by molar-refractivity contribution is 7.41. The average molecular weight is 319 g/mol. The molecule has 0 fully saturated rings. The number of benzene rings is 2. The van der Waals surface area contributed by atoms with Crippen molar-refractivity contribution in [3.8, 4) is 39.0 Å². The van der Waals surface area contributed by atoms with Gasteiger partial charge in [0.15, 0.2) is 21.3 Å². The summed E-state index contributed by atoms with van der Waals surface area (Å²) in [6.45, 7) is 0. The number of hydrogen-bond donors (Lipinski definition) is 2. The van der Waals surface area contributed by atoms with Crippen molar-refractivity contribution < 1.29 is 10.2 Å². The normalized spacial score (nSPS) is 10.8. The van der Waals surface area contributed by atoms with Crippen LogP contribution in [0.4, 0.5) is 0 Å². The summed E-state index contributed by atoms with van der Waals surface area (Å²) in [6.07, 6.45) is 0. The predicted octanol–water partition coefficient (Wildman–Crippen LogP) is 4.25. The van der Waals surface area contributed by atoms with Gasteiger partial charge in [-0.05, 0) is 18.2 Å². The minimum absolute atomic E-state index is 0.0788. The quantitative estimate of drug-likeness (QED) is 0.546. The monoisotopic (exact) mass is 319 g/mol. The van der Waals surface area contributed by atoms with E-state index in [0.29, 0.717) is 5.56 Å². The minimum atomic E-state index is -0.495. The average Bonchev–Trinajstić information content (AvgIpc) is 3.06. The van der Waals surface area contributed by atoms with Gasteiger partial charge < -0.3 is 10.2 Å². The number of hydrogen-bond acceptors (Lipinski definition) is 4. The van der Waals surface area contributed by atoms with Crippen LogP contribution in [-0.4, -0.2) is 10.2 Å². The molecule has 110 valence electrons. The number of aromatic hydroxyl groups is 2. The second-order valence-electron chi connectivity index (χ2n) is 4.78. The summed E-state index contributed by atoms with van der Waals surface area (Å²) in [5.41, 5.74) is 0.465. The van der Waals surface area contributed by atoms with Crippen LogP contribution < -0.4 is 0 Å². The summed E-state index contributed by atoms with van der Waals surface area (Å²) < 4.78 is 0. The SMILES string of the molecule is N#Cc1cc(O)c(O)c(C#N)c1-c1ccc[s+]1-c1ccccc1. The van der Waals surface area contributed by atoms with Crippen molar-refractivity contribution in [2.75, 3.05) is 0 Å². The number of nitrogens with zero attached hydrogens (tertiary/aromatic N) is 2. The highest BCUT2D eigenvalue weighted by Crippen LogP contribution is 2.47. The smallest absolute Gasteiger partial charge is 0.189 e. The molecule has 1 atom stereocenters. The van der Waals surface area contributed by atoms with Crippen molar-refractivity contribution in [3.63, 3.8) is 0 Å². The van der Waals surface area contributed by atoms with Crippen LogP contribution in [-0.2, 0) is 0 Å². The Morgan fingerprint density at radius 2 is 1.65 bits per heavy atom. The molecular formula is C18H11N2O2S+. The lowest BCUT2D eigenvalue weighted by Crippen LogP contribution is -1.91. The Hall–Kier alpha value is -3.28. The summed E-state index contributed by atoms with van der Waals surface area (Å²) in [7, 11) is -0.433. The van der Waals surface area contributed by atoms with Crippen molar-refractivity contribution in [3.05, 3.63) is 65.0 Å². The van der Waals surface area contributed by atoms with Crippen LogP contribution in [0.2, 0.25) is 0 Å². The van der Waals surface area contributed by atoms with Crippen LogP contribution in [0, 0.1) is 22.7 Å². The number of thiophene rings is 1. The number of phenols is 2. The number of rotatable bonds is 2. The molecule has 5 heteroatoms. The standard InChI is InChI=1S/C18H10N2O2S/c19-10-12-9-15(21)18(22)14(11-20)17(12)16-7-4-8-23(16)13-5-2-1-3-6-13/h1-9H,(H-,21,22)/p+1. The molecule has 0 aliphatic rings. The van der Waals surface area contributed by atoms with E-state index in [2.05, 4.69) is 0 Å². The molecule has 3 rings (SSSR count). The minimum Gasteiger partial charge on any atom is -0.504 e. The van der Waals surface area contributed by atoms with Crippen LogP contribution in [0.25, 0.3) is 15.3 Å². The lowest BCUT2D eigenvalue weighted by atomic mass is 9.99. The van der Waals surface area contributed by atoms with Gasteiger partial charge >= 0.3 is 0 Å². The molecule has 2 N–H and O–H groups in total. The van der Waals surface area contributed by atoms with Crippen LogP contribution in [0.15, 0.2) is 53.9 Å². The topological polar surface area (TPSA) is 88.0 Å². The molecule has 0 bridgehead atoms. The molecule has 0 aliphatic heterocycles. The molecule has 23 heavy (non-hydrogen) atoms. The fourth-order valence-electron chi connectivity index (χ4n) is 2.43. The highest BCUT2D eigenvalue weighted by atomic mass is 32.2. The summed E-state index contributed by atoms with van der Waals surface area (Å²) in [4.78, 5) is 1.83. The molecule has 0 saturated heterocycles. The van der Waals surface area contributed by atoms with Crippen LogP contribution in [0.5, 0.6) is 11.5 Å². The van der Waals surface area contributed by atoms with Gasteiger partial charge in [-0.1, -0.05) is 18.2 Å². The van der Waals surface area contributed by atoms with E-state index in [-0.39, 0.29) is 11.1 Å². The van der Waals surface area contributed by atoms with Gasteiger partial charge in [-0.3, -0.25) is 0 Å². The van der Waals surface area contributed by atoms with Gasteiger partial charge in [-0.2, -0.15) is 10.5 Å². The fourth-order valence-corrected chi connectivity index (χ4v) is 4.33. The molecular weight excluding hydrogens is 308 g/mol. The summed E-state index contributed by atoms with van der Waals surface area (Å²) in [6, 6.07) is 18.5. The molecule has 2 aromatic carbocycles. The molecule has 1 unspecified atom stereocenters. The first-order valence-corrected chi connectivity index (χ1v) is 8.02. The third-order valence-corrected chi connectivity index (χ3v) is 5.48. The van der Waals surface area contributed by atoms with E-state index in [4.69, 9.17) is 0 Å². The second-order valence-corrected chi connectivity index (χ2v) is 6.63. The Balaban J connectivity index is 2.35. The Kier molecular flexibility index (Phi) is 3.72. The van der Waals surface area contributed by atoms with Gasteiger partial charge in [0.2, 0.25) is 0 Å². The third-order valence-electron chi connectivity index (χ3n) is 3.45. The molecule has 0 spiro atoms. The second kappa shape index (κ2) is 5.84. The van der Waals surface area contributed by atoms with Crippen molar-refractivity contribution in [2.45, 2.75) is 0 Å². The lowest BCUT2D eigenvalue weighted by Gasteiger charge is -2.07. The van der Waals surface area contributed by atoms with Crippen molar-refractivity contribution in [1.29, 1.82) is 10.5 Å². The Morgan fingerprint density at radius 3 is 2.30 bits per heavy atom. The molecule has 3 aromatic rings. The first kappa shape index (κ1) is 14.6. The lowest BCUT2D eigenvalue weighted by molar-refractivity contribution is 0.403. The fraction of sp³-hybridized carbons (Fsp3) is 0. The number of nitriles is 2. The van der Waals surface area contributed by atoms with E-state index >= 15 is 0 Å². The van der Waals surface area contributed by atoms with Crippen molar-refractivity contribution in [1.82, 2.24) is 0 Å². The largest absolute Gasteiger partial charge is 0.504 e. The maximum Gasteiger partial charge on any atom is 0.189 e. The van der Waals surface area contributed by atoms with E-state index in [1.807, 2.05) is 60.0 Å². The zero-order chi connectivity index (χ0) is 16.4. The van der Waals surface area contributed by atoms with Crippen LogP contribution in [0.3, 0.4) is 0 Å². The Labute approximate surface area is 135 Å². The summed E-state index contributed by atoms with van der Waals surface area (Å²) in [5.74, 6) is -0.959. The Morgan fingerprint density at radius 1 is 0.913 bits per heavy atom. The first-order valence-electron chi connectivity index (χ1n) is 6.73. The van der Waals surface area contributed by atoms with Gasteiger partial charge in [-0.15, -0.1) is 0 Å². The molecule has 0 amide bonds. The van der Waals surface area contributed by atoms with Crippen LogP contribution >= 0.6 is 10.5 Å². The first-order chi connectivity index (χ1) is 11.2. The molecule has 0 saturated carbocycles. The van der Waals surface area contributed by atoms with E-state index < -0.39 is 22.0 Å². The molecule has 4 nitrogen and oxygen atoms in total.